The average molecular weight is 299 g/mol. The van der Waals surface area contributed by atoms with Crippen molar-refractivity contribution in [3.63, 3.8) is 0 Å². The fraction of sp³-hybridized carbons (Fsp3) is 0.368. The Labute approximate surface area is 131 Å². The van der Waals surface area contributed by atoms with Gasteiger partial charge in [0.15, 0.2) is 0 Å². The van der Waals surface area contributed by atoms with Gasteiger partial charge >= 0.3 is 0 Å². The Hall–Kier alpha value is -1.71. The van der Waals surface area contributed by atoms with Crippen LogP contribution in [0.5, 0.6) is 0 Å². The van der Waals surface area contributed by atoms with Crippen molar-refractivity contribution in [1.82, 2.24) is 5.32 Å². The first-order chi connectivity index (χ1) is 10.7. The molecule has 0 aliphatic heterocycles. The van der Waals surface area contributed by atoms with Crippen LogP contribution in [0, 0.1) is 5.82 Å². The summed E-state index contributed by atoms with van der Waals surface area (Å²) < 4.78 is 18.1. The Morgan fingerprint density at radius 2 is 1.82 bits per heavy atom. The number of hydrogen-bond acceptors (Lipinski definition) is 2. The summed E-state index contributed by atoms with van der Waals surface area (Å²) in [5.41, 5.74) is 3.75. The highest BCUT2D eigenvalue weighted by Gasteiger charge is 2.29. The van der Waals surface area contributed by atoms with E-state index in [1.54, 1.807) is 19.2 Å². The lowest BCUT2D eigenvalue weighted by Crippen LogP contribution is -2.39. The van der Waals surface area contributed by atoms with E-state index in [1.165, 1.54) is 16.7 Å². The molecule has 3 heteroatoms. The molecule has 0 saturated heterocycles. The van der Waals surface area contributed by atoms with Crippen molar-refractivity contribution in [1.29, 1.82) is 0 Å². The molecular weight excluding hydrogens is 277 g/mol. The van der Waals surface area contributed by atoms with Crippen LogP contribution >= 0.6 is 0 Å². The summed E-state index contributed by atoms with van der Waals surface area (Å²) in [4.78, 5) is 0. The van der Waals surface area contributed by atoms with E-state index in [0.717, 1.165) is 19.4 Å². The van der Waals surface area contributed by atoms with E-state index in [2.05, 4.69) is 29.6 Å². The quantitative estimate of drug-likeness (QED) is 0.870. The van der Waals surface area contributed by atoms with Gasteiger partial charge in [0, 0.05) is 19.7 Å². The van der Waals surface area contributed by atoms with Crippen molar-refractivity contribution in [2.75, 3.05) is 7.11 Å². The second kappa shape index (κ2) is 7.03. The van der Waals surface area contributed by atoms with Gasteiger partial charge < -0.3 is 10.1 Å². The van der Waals surface area contributed by atoms with Gasteiger partial charge in [-0.25, -0.2) is 4.39 Å². The molecule has 2 aromatic rings. The van der Waals surface area contributed by atoms with Crippen LogP contribution < -0.4 is 5.32 Å². The van der Waals surface area contributed by atoms with Crippen LogP contribution in [0.2, 0.25) is 0 Å². The Morgan fingerprint density at radius 3 is 2.55 bits per heavy atom. The molecule has 2 aromatic carbocycles. The highest BCUT2D eigenvalue weighted by atomic mass is 19.1. The van der Waals surface area contributed by atoms with E-state index in [9.17, 15) is 4.39 Å². The molecule has 0 bridgehead atoms. The smallest absolute Gasteiger partial charge is 0.123 e. The second-order valence-corrected chi connectivity index (χ2v) is 6.05. The van der Waals surface area contributed by atoms with Crippen molar-refractivity contribution in [2.24, 2.45) is 0 Å². The van der Waals surface area contributed by atoms with Gasteiger partial charge in [-0.15, -0.1) is 0 Å². The largest absolute Gasteiger partial charge is 0.380 e. The van der Waals surface area contributed by atoms with Gasteiger partial charge in [-0.2, -0.15) is 0 Å². The van der Waals surface area contributed by atoms with E-state index in [0.29, 0.717) is 18.6 Å². The molecule has 0 spiro atoms. The zero-order valence-corrected chi connectivity index (χ0v) is 12.9. The zero-order chi connectivity index (χ0) is 15.4. The molecule has 0 amide bonds. The molecule has 0 heterocycles. The van der Waals surface area contributed by atoms with Crippen LogP contribution in [0.4, 0.5) is 4.39 Å². The summed E-state index contributed by atoms with van der Waals surface area (Å²) in [5, 5.41) is 3.60. The third-order valence-corrected chi connectivity index (χ3v) is 4.38. The molecule has 22 heavy (non-hydrogen) atoms. The van der Waals surface area contributed by atoms with Crippen molar-refractivity contribution in [2.45, 2.75) is 38.0 Å². The number of hydrogen-bond donors (Lipinski definition) is 1. The minimum absolute atomic E-state index is 0.159. The fourth-order valence-electron chi connectivity index (χ4n) is 3.05. The van der Waals surface area contributed by atoms with Crippen LogP contribution in [-0.2, 0) is 17.9 Å². The Balaban J connectivity index is 1.46. The molecule has 1 aliphatic rings. The van der Waals surface area contributed by atoms with Crippen LogP contribution in [0.1, 0.15) is 35.4 Å². The van der Waals surface area contributed by atoms with Crippen LogP contribution in [-0.4, -0.2) is 13.2 Å². The van der Waals surface area contributed by atoms with E-state index in [-0.39, 0.29) is 5.82 Å². The summed E-state index contributed by atoms with van der Waals surface area (Å²) >= 11 is 0. The van der Waals surface area contributed by atoms with Gasteiger partial charge in [0.25, 0.3) is 0 Å². The van der Waals surface area contributed by atoms with Gasteiger partial charge in [0.1, 0.15) is 5.82 Å². The minimum Gasteiger partial charge on any atom is -0.380 e. The summed E-state index contributed by atoms with van der Waals surface area (Å²) in [6.45, 7) is 1.54. The molecule has 116 valence electrons. The number of nitrogens with one attached hydrogen (secondary N) is 1. The maximum absolute atomic E-state index is 12.9. The van der Waals surface area contributed by atoms with E-state index in [4.69, 9.17) is 4.74 Å². The molecule has 1 aliphatic carbocycles. The average Bonchev–Trinajstić information content (AvgIpc) is 2.48. The first-order valence-electron chi connectivity index (χ1n) is 7.80. The van der Waals surface area contributed by atoms with Gasteiger partial charge in [-0.3, -0.25) is 0 Å². The Morgan fingerprint density at radius 1 is 1.09 bits per heavy atom. The highest BCUT2D eigenvalue weighted by molar-refractivity contribution is 5.25. The van der Waals surface area contributed by atoms with Crippen LogP contribution in [0.15, 0.2) is 48.5 Å². The highest BCUT2D eigenvalue weighted by Crippen LogP contribution is 2.36. The first kappa shape index (κ1) is 15.2. The predicted molar refractivity (Wildman–Crippen MR) is 86.2 cm³/mol. The lowest BCUT2D eigenvalue weighted by molar-refractivity contribution is 0.185. The third kappa shape index (κ3) is 3.73. The SMILES string of the molecule is COCc1cccc(CNC2CC(c3ccc(F)cc3)C2)c1. The van der Waals surface area contributed by atoms with Crippen molar-refractivity contribution in [3.05, 3.63) is 71.0 Å². The monoisotopic (exact) mass is 299 g/mol. The third-order valence-electron chi connectivity index (χ3n) is 4.38. The van der Waals surface area contributed by atoms with E-state index >= 15 is 0 Å². The summed E-state index contributed by atoms with van der Waals surface area (Å²) in [5.74, 6) is 0.409. The summed E-state index contributed by atoms with van der Waals surface area (Å²) in [6, 6.07) is 16.0. The molecule has 0 aromatic heterocycles. The van der Waals surface area contributed by atoms with E-state index < -0.39 is 0 Å². The molecule has 0 unspecified atom stereocenters. The van der Waals surface area contributed by atoms with Gasteiger partial charge in [0.05, 0.1) is 6.61 Å². The van der Waals surface area contributed by atoms with Gasteiger partial charge in [-0.05, 0) is 47.6 Å². The molecule has 1 saturated carbocycles. The lowest BCUT2D eigenvalue weighted by Gasteiger charge is -2.36. The zero-order valence-electron chi connectivity index (χ0n) is 12.9. The molecule has 2 nitrogen and oxygen atoms in total. The van der Waals surface area contributed by atoms with Gasteiger partial charge in [0.2, 0.25) is 0 Å². The molecule has 1 fully saturated rings. The van der Waals surface area contributed by atoms with Crippen molar-refractivity contribution < 1.29 is 9.13 Å². The Kier molecular flexibility index (Phi) is 4.86. The number of ether oxygens (including phenoxy) is 1. The first-order valence-corrected chi connectivity index (χ1v) is 7.80. The molecule has 3 rings (SSSR count). The van der Waals surface area contributed by atoms with Crippen molar-refractivity contribution >= 4 is 0 Å². The standard InChI is InChI=1S/C19H22FNO/c1-22-13-15-4-2-3-14(9-15)12-21-19-10-17(11-19)16-5-7-18(20)8-6-16/h2-9,17,19,21H,10-13H2,1H3. The van der Waals surface area contributed by atoms with Crippen molar-refractivity contribution in [3.8, 4) is 0 Å². The minimum atomic E-state index is -0.159. The van der Waals surface area contributed by atoms with E-state index in [1.807, 2.05) is 12.1 Å². The number of rotatable bonds is 6. The lowest BCUT2D eigenvalue weighted by atomic mass is 9.76. The maximum Gasteiger partial charge on any atom is 0.123 e. The predicted octanol–water partition coefficient (Wildman–Crippen LogP) is 4.01. The molecule has 1 N–H and O–H groups in total. The number of halogens is 1. The van der Waals surface area contributed by atoms with Crippen LogP contribution in [0.3, 0.4) is 0 Å². The maximum atomic E-state index is 12.9. The molecule has 0 atom stereocenters. The number of benzene rings is 2. The topological polar surface area (TPSA) is 21.3 Å². The van der Waals surface area contributed by atoms with Gasteiger partial charge in [-0.1, -0.05) is 36.4 Å². The normalized spacial score (nSPS) is 20.6. The molecule has 0 radical (unpaired) electrons. The fourth-order valence-corrected chi connectivity index (χ4v) is 3.05. The number of methoxy groups -OCH3 is 1. The van der Waals surface area contributed by atoms with Crippen LogP contribution in [0.25, 0.3) is 0 Å². The second-order valence-electron chi connectivity index (χ2n) is 6.05. The summed E-state index contributed by atoms with van der Waals surface area (Å²) in [7, 11) is 1.72. The molecular formula is C19H22FNO. The Bertz CT molecular complexity index is 605. The summed E-state index contributed by atoms with van der Waals surface area (Å²) in [6.07, 6.45) is 2.26.